The van der Waals surface area contributed by atoms with Gasteiger partial charge in [0.1, 0.15) is 4.90 Å². The van der Waals surface area contributed by atoms with Gasteiger partial charge in [-0.3, -0.25) is 0 Å². The van der Waals surface area contributed by atoms with Gasteiger partial charge in [-0.15, -0.1) is 0 Å². The summed E-state index contributed by atoms with van der Waals surface area (Å²) in [7, 11) is -3.52. The van der Waals surface area contributed by atoms with Crippen molar-refractivity contribution in [1.82, 2.24) is 0 Å². The zero-order valence-electron chi connectivity index (χ0n) is 6.82. The van der Waals surface area contributed by atoms with E-state index < -0.39 is 13.7 Å². The summed E-state index contributed by atoms with van der Waals surface area (Å²) < 4.78 is 27.1. The fraction of sp³-hybridized carbons (Fsp3) is 0.250. The molecule has 0 fully saturated rings. The van der Waals surface area contributed by atoms with Crippen LogP contribution in [0.4, 0.5) is 0 Å². The van der Waals surface area contributed by atoms with Gasteiger partial charge in [-0.1, -0.05) is 18.2 Å². The molecule has 2 rings (SSSR count). The predicted molar refractivity (Wildman–Crippen MR) is 56.1 cm³/mol. The molecule has 0 radical (unpaired) electrons. The van der Waals surface area contributed by atoms with Crippen LogP contribution in [0, 0.1) is 0 Å². The molecule has 0 bridgehead atoms. The minimum Gasteiger partial charge on any atom is -0.244 e. The molecule has 1 heterocycles. The van der Waals surface area contributed by atoms with Crippen LogP contribution < -0.4 is 0 Å². The predicted octanol–water partition coefficient (Wildman–Crippen LogP) is 2.01. The smallest absolute Gasteiger partial charge is 0.244 e. The number of hydrogen-bond donors (Lipinski definition) is 0. The molecule has 1 aliphatic heterocycles. The van der Waals surface area contributed by atoms with Gasteiger partial charge in [-0.25, -0.2) is 4.18 Å². The van der Waals surface area contributed by atoms with E-state index in [1.807, 2.05) is 22.6 Å². The van der Waals surface area contributed by atoms with Crippen molar-refractivity contribution >= 4 is 32.7 Å². The van der Waals surface area contributed by atoms with Crippen molar-refractivity contribution in [1.29, 1.82) is 0 Å². The molecule has 0 saturated heterocycles. The van der Waals surface area contributed by atoms with E-state index in [2.05, 4.69) is 0 Å². The van der Waals surface area contributed by atoms with Crippen molar-refractivity contribution in [2.75, 3.05) is 0 Å². The molecule has 0 amide bonds. The van der Waals surface area contributed by atoms with E-state index in [9.17, 15) is 8.42 Å². The molecular formula is C8H7IO3S. The molecular weight excluding hydrogens is 303 g/mol. The van der Waals surface area contributed by atoms with Crippen molar-refractivity contribution in [3.63, 3.8) is 0 Å². The molecule has 70 valence electrons. The highest BCUT2D eigenvalue weighted by Crippen LogP contribution is 2.45. The first-order chi connectivity index (χ1) is 5.93. The summed E-state index contributed by atoms with van der Waals surface area (Å²) in [6, 6.07) is 6.83. The zero-order valence-corrected chi connectivity index (χ0v) is 9.79. The average molecular weight is 310 g/mol. The molecule has 1 atom stereocenters. The normalized spacial score (nSPS) is 30.0. The molecule has 1 aliphatic rings. The Balaban J connectivity index is 2.79. The molecule has 0 saturated carbocycles. The summed E-state index contributed by atoms with van der Waals surface area (Å²) in [6.45, 7) is 1.73. The Labute approximate surface area is 90.4 Å². The van der Waals surface area contributed by atoms with E-state index in [1.54, 1.807) is 31.2 Å². The number of fused-ring (bicyclic) bond motifs is 1. The summed E-state index contributed by atoms with van der Waals surface area (Å²) in [4.78, 5) is 0.284. The van der Waals surface area contributed by atoms with E-state index >= 15 is 0 Å². The maximum absolute atomic E-state index is 11.4. The summed E-state index contributed by atoms with van der Waals surface area (Å²) in [5.74, 6) is 0. The SMILES string of the molecule is CC1(I)OS(=O)(=O)c2ccccc21. The van der Waals surface area contributed by atoms with Gasteiger partial charge in [-0.05, 0) is 35.6 Å². The standard InChI is InChI=1S/C8H7IO3S/c1-8(9)6-4-2-3-5-7(6)13(10,11)12-8/h2-5H,1H3. The quantitative estimate of drug-likeness (QED) is 0.418. The average Bonchev–Trinajstić information content (AvgIpc) is 2.20. The van der Waals surface area contributed by atoms with Crippen molar-refractivity contribution in [2.45, 2.75) is 15.4 Å². The van der Waals surface area contributed by atoms with E-state index in [4.69, 9.17) is 4.18 Å². The maximum atomic E-state index is 11.4. The first kappa shape index (κ1) is 9.42. The van der Waals surface area contributed by atoms with Crippen LogP contribution in [0.2, 0.25) is 0 Å². The summed E-state index contributed by atoms with van der Waals surface area (Å²) in [6.07, 6.45) is 0. The Bertz CT molecular complexity index is 450. The van der Waals surface area contributed by atoms with Crippen LogP contribution in [0.25, 0.3) is 0 Å². The molecule has 0 spiro atoms. The number of hydrogen-bond acceptors (Lipinski definition) is 3. The Hall–Kier alpha value is -0.140. The molecule has 1 aromatic rings. The lowest BCUT2D eigenvalue weighted by molar-refractivity contribution is 0.233. The Morgan fingerprint density at radius 2 is 2.00 bits per heavy atom. The third kappa shape index (κ3) is 1.38. The molecule has 0 N–H and O–H groups in total. The van der Waals surface area contributed by atoms with Crippen LogP contribution in [0.1, 0.15) is 12.5 Å². The second-order valence-corrected chi connectivity index (χ2v) is 6.52. The minimum atomic E-state index is -3.52. The van der Waals surface area contributed by atoms with Crippen LogP contribution in [-0.2, 0) is 17.9 Å². The molecule has 0 aromatic heterocycles. The topological polar surface area (TPSA) is 43.4 Å². The van der Waals surface area contributed by atoms with Gasteiger partial charge in [0.15, 0.2) is 3.61 Å². The minimum absolute atomic E-state index is 0.284. The van der Waals surface area contributed by atoms with Crippen LogP contribution in [0.3, 0.4) is 0 Å². The largest absolute Gasteiger partial charge is 0.298 e. The van der Waals surface area contributed by atoms with Gasteiger partial charge in [0.2, 0.25) is 0 Å². The Morgan fingerprint density at radius 3 is 2.62 bits per heavy atom. The highest BCUT2D eigenvalue weighted by molar-refractivity contribution is 14.1. The number of benzene rings is 1. The number of alkyl halides is 1. The van der Waals surface area contributed by atoms with Gasteiger partial charge in [-0.2, -0.15) is 8.42 Å². The van der Waals surface area contributed by atoms with Gasteiger partial charge < -0.3 is 0 Å². The third-order valence-electron chi connectivity index (χ3n) is 1.90. The van der Waals surface area contributed by atoms with Gasteiger partial charge in [0, 0.05) is 5.56 Å². The van der Waals surface area contributed by atoms with Crippen LogP contribution in [0.15, 0.2) is 29.2 Å². The lowest BCUT2D eigenvalue weighted by atomic mass is 10.1. The fourth-order valence-corrected chi connectivity index (χ4v) is 4.08. The van der Waals surface area contributed by atoms with Crippen LogP contribution >= 0.6 is 22.6 Å². The molecule has 1 aromatic carbocycles. The monoisotopic (exact) mass is 310 g/mol. The first-order valence-corrected chi connectivity index (χ1v) is 6.16. The lowest BCUT2D eigenvalue weighted by Crippen LogP contribution is -2.11. The van der Waals surface area contributed by atoms with E-state index in [0.29, 0.717) is 0 Å². The van der Waals surface area contributed by atoms with Gasteiger partial charge in [0.25, 0.3) is 10.1 Å². The zero-order chi connectivity index (χ0) is 9.69. The summed E-state index contributed by atoms with van der Waals surface area (Å²) in [5, 5.41) is 0. The fourth-order valence-electron chi connectivity index (χ4n) is 1.35. The highest BCUT2D eigenvalue weighted by Gasteiger charge is 2.42. The van der Waals surface area contributed by atoms with Crippen molar-refractivity contribution < 1.29 is 12.6 Å². The number of halogens is 1. The Kier molecular flexibility index (Phi) is 1.94. The van der Waals surface area contributed by atoms with Gasteiger partial charge >= 0.3 is 0 Å². The van der Waals surface area contributed by atoms with Crippen LogP contribution in [0.5, 0.6) is 0 Å². The Morgan fingerprint density at radius 1 is 1.38 bits per heavy atom. The van der Waals surface area contributed by atoms with Crippen molar-refractivity contribution in [3.05, 3.63) is 29.8 Å². The van der Waals surface area contributed by atoms with Crippen molar-refractivity contribution in [3.8, 4) is 0 Å². The van der Waals surface area contributed by atoms with Crippen molar-refractivity contribution in [2.24, 2.45) is 0 Å². The lowest BCUT2D eigenvalue weighted by Gasteiger charge is -2.12. The summed E-state index contributed by atoms with van der Waals surface area (Å²) in [5.41, 5.74) is 0.718. The summed E-state index contributed by atoms with van der Waals surface area (Å²) >= 11 is 1.98. The van der Waals surface area contributed by atoms with Crippen LogP contribution in [-0.4, -0.2) is 8.42 Å². The van der Waals surface area contributed by atoms with E-state index in [1.165, 1.54) is 0 Å². The molecule has 5 heteroatoms. The third-order valence-corrected chi connectivity index (χ3v) is 4.45. The second kappa shape index (κ2) is 2.68. The number of rotatable bonds is 0. The molecule has 0 aliphatic carbocycles. The molecule has 1 unspecified atom stereocenters. The molecule has 3 nitrogen and oxygen atoms in total. The molecule has 13 heavy (non-hydrogen) atoms. The van der Waals surface area contributed by atoms with Gasteiger partial charge in [0.05, 0.1) is 0 Å². The highest BCUT2D eigenvalue weighted by atomic mass is 127. The van der Waals surface area contributed by atoms with E-state index in [0.717, 1.165) is 5.56 Å². The van der Waals surface area contributed by atoms with E-state index in [-0.39, 0.29) is 4.90 Å². The second-order valence-electron chi connectivity index (χ2n) is 2.95. The maximum Gasteiger partial charge on any atom is 0.298 e. The first-order valence-electron chi connectivity index (χ1n) is 3.67.